The molecule has 2 aliphatic heterocycles. The predicted molar refractivity (Wildman–Crippen MR) is 74.2 cm³/mol. The van der Waals surface area contributed by atoms with Gasteiger partial charge >= 0.3 is 0 Å². The van der Waals surface area contributed by atoms with Gasteiger partial charge in [0.2, 0.25) is 12.5 Å². The van der Waals surface area contributed by atoms with Gasteiger partial charge in [0.05, 0.1) is 17.7 Å². The van der Waals surface area contributed by atoms with E-state index in [0.717, 1.165) is 0 Å². The average molecular weight is 324 g/mol. The number of carbonyl (C=O) groups excluding carboxylic acids is 1. The first-order valence-electron chi connectivity index (χ1n) is 7.18. The number of aliphatic hydroxyl groups excluding tert-OH is 3. The molecule has 4 rings (SSSR count). The predicted octanol–water partition coefficient (Wildman–Crippen LogP) is -2.26. The molecule has 6 atom stereocenters. The van der Waals surface area contributed by atoms with Gasteiger partial charge in [-0.15, -0.1) is 0 Å². The SMILES string of the molecule is NC1C2c3cc4c(c(O)c3C(=O)N[C@H]2C(O)C(O)[C@H]1O)OCO4. The number of aromatic hydroxyl groups is 1. The van der Waals surface area contributed by atoms with Gasteiger partial charge in [-0.2, -0.15) is 0 Å². The maximum Gasteiger partial charge on any atom is 0.255 e. The van der Waals surface area contributed by atoms with Crippen LogP contribution in [0, 0.1) is 0 Å². The maximum atomic E-state index is 12.3. The van der Waals surface area contributed by atoms with E-state index in [-0.39, 0.29) is 29.6 Å². The zero-order valence-electron chi connectivity index (χ0n) is 11.8. The molecule has 0 aromatic heterocycles. The van der Waals surface area contributed by atoms with Crippen LogP contribution in [0.4, 0.5) is 0 Å². The van der Waals surface area contributed by atoms with Crippen molar-refractivity contribution in [3.63, 3.8) is 0 Å². The third kappa shape index (κ3) is 1.78. The first-order chi connectivity index (χ1) is 10.9. The van der Waals surface area contributed by atoms with E-state index in [1.54, 1.807) is 0 Å². The summed E-state index contributed by atoms with van der Waals surface area (Å²) in [4.78, 5) is 12.3. The molecule has 4 unspecified atom stereocenters. The van der Waals surface area contributed by atoms with E-state index in [2.05, 4.69) is 5.32 Å². The number of rotatable bonds is 0. The molecule has 0 saturated heterocycles. The van der Waals surface area contributed by atoms with Crippen LogP contribution in [0.1, 0.15) is 21.8 Å². The molecule has 1 aromatic carbocycles. The fourth-order valence-electron chi connectivity index (χ4n) is 3.65. The molecule has 1 amide bonds. The second-order valence-corrected chi connectivity index (χ2v) is 6.00. The molecule has 9 nitrogen and oxygen atoms in total. The average Bonchev–Trinajstić information content (AvgIpc) is 2.99. The number of aliphatic hydroxyl groups is 3. The smallest absolute Gasteiger partial charge is 0.255 e. The molecule has 1 fully saturated rings. The lowest BCUT2D eigenvalue weighted by molar-refractivity contribution is -0.113. The van der Waals surface area contributed by atoms with Crippen molar-refractivity contribution < 1.29 is 34.7 Å². The van der Waals surface area contributed by atoms with E-state index in [1.165, 1.54) is 6.07 Å². The third-order valence-electron chi connectivity index (χ3n) is 4.82. The molecule has 2 heterocycles. The molecular formula is C14H16N2O7. The van der Waals surface area contributed by atoms with Crippen molar-refractivity contribution in [3.05, 3.63) is 17.2 Å². The normalized spacial score (nSPS) is 37.8. The monoisotopic (exact) mass is 324 g/mol. The van der Waals surface area contributed by atoms with Crippen LogP contribution in [0.3, 0.4) is 0 Å². The lowest BCUT2D eigenvalue weighted by Gasteiger charge is -2.47. The number of carbonyl (C=O) groups is 1. The van der Waals surface area contributed by atoms with Gasteiger partial charge in [0.25, 0.3) is 5.91 Å². The number of nitrogens with one attached hydrogen (secondary N) is 1. The molecule has 0 bridgehead atoms. The summed E-state index contributed by atoms with van der Waals surface area (Å²) in [5.41, 5.74) is 6.33. The quantitative estimate of drug-likeness (QED) is 0.312. The van der Waals surface area contributed by atoms with Gasteiger partial charge in [-0.25, -0.2) is 0 Å². The van der Waals surface area contributed by atoms with Crippen LogP contribution >= 0.6 is 0 Å². The minimum Gasteiger partial charge on any atom is -0.504 e. The minimum absolute atomic E-state index is 0.0262. The van der Waals surface area contributed by atoms with Crippen LogP contribution in [0.25, 0.3) is 0 Å². The van der Waals surface area contributed by atoms with Crippen molar-refractivity contribution >= 4 is 5.91 Å². The fraction of sp³-hybridized carbons (Fsp3) is 0.500. The highest BCUT2D eigenvalue weighted by Gasteiger charge is 2.53. The summed E-state index contributed by atoms with van der Waals surface area (Å²) in [6, 6.07) is -0.314. The molecule has 9 heteroatoms. The number of hydrogen-bond donors (Lipinski definition) is 6. The van der Waals surface area contributed by atoms with Gasteiger partial charge in [0.15, 0.2) is 11.5 Å². The number of phenols is 1. The fourth-order valence-corrected chi connectivity index (χ4v) is 3.65. The standard InChI is InChI=1S/C14H16N2O7/c15-7-5-3-1-4-13(23-2-22-4)9(17)6(3)14(21)16-8(5)11(19)12(20)10(7)18/h1,5,7-8,10-12,17-20H,2,15H2,(H,16,21)/t5?,7?,8-,10+,11?,12?/m1/s1. The first kappa shape index (κ1) is 14.5. The maximum absolute atomic E-state index is 12.3. The lowest BCUT2D eigenvalue weighted by Crippen LogP contribution is -2.68. The van der Waals surface area contributed by atoms with Crippen molar-refractivity contribution in [1.29, 1.82) is 0 Å². The Hall–Kier alpha value is -2.07. The summed E-state index contributed by atoms with van der Waals surface area (Å²) in [5.74, 6) is -1.35. The largest absolute Gasteiger partial charge is 0.504 e. The first-order valence-corrected chi connectivity index (χ1v) is 7.18. The van der Waals surface area contributed by atoms with Crippen molar-refractivity contribution in [1.82, 2.24) is 5.32 Å². The molecular weight excluding hydrogens is 308 g/mol. The highest BCUT2D eigenvalue weighted by atomic mass is 16.7. The summed E-state index contributed by atoms with van der Waals surface area (Å²) in [5, 5.41) is 42.9. The highest BCUT2D eigenvalue weighted by molar-refractivity contribution is 6.01. The Bertz CT molecular complexity index is 694. The van der Waals surface area contributed by atoms with Gasteiger partial charge in [-0.3, -0.25) is 4.79 Å². The summed E-state index contributed by atoms with van der Waals surface area (Å²) >= 11 is 0. The number of phenolic OH excluding ortho intramolecular Hbond substituents is 1. The molecule has 1 aromatic rings. The van der Waals surface area contributed by atoms with E-state index >= 15 is 0 Å². The summed E-state index contributed by atoms with van der Waals surface area (Å²) < 4.78 is 10.4. The Morgan fingerprint density at radius 2 is 1.91 bits per heavy atom. The van der Waals surface area contributed by atoms with E-state index in [4.69, 9.17) is 15.2 Å². The molecule has 23 heavy (non-hydrogen) atoms. The molecule has 124 valence electrons. The summed E-state index contributed by atoms with van der Waals surface area (Å²) in [6.07, 6.45) is -4.24. The van der Waals surface area contributed by atoms with E-state index in [1.807, 2.05) is 0 Å². The Morgan fingerprint density at radius 3 is 2.65 bits per heavy atom. The number of benzene rings is 1. The highest BCUT2D eigenvalue weighted by Crippen LogP contribution is 2.49. The van der Waals surface area contributed by atoms with Gasteiger partial charge in [0, 0.05) is 12.0 Å². The number of hydrogen-bond acceptors (Lipinski definition) is 8. The lowest BCUT2D eigenvalue weighted by atomic mass is 9.69. The van der Waals surface area contributed by atoms with Crippen LogP contribution < -0.4 is 20.5 Å². The Labute approximate surface area is 130 Å². The third-order valence-corrected chi connectivity index (χ3v) is 4.82. The molecule has 7 N–H and O–H groups in total. The number of amides is 1. The van der Waals surface area contributed by atoms with E-state index in [0.29, 0.717) is 5.56 Å². The van der Waals surface area contributed by atoms with Gasteiger partial charge in [-0.1, -0.05) is 0 Å². The molecule has 1 saturated carbocycles. The second kappa shape index (κ2) is 4.71. The van der Waals surface area contributed by atoms with Crippen LogP contribution in [0.5, 0.6) is 17.2 Å². The molecule has 1 aliphatic carbocycles. The molecule has 0 spiro atoms. The van der Waals surface area contributed by atoms with Gasteiger partial charge in [0.1, 0.15) is 12.2 Å². The Kier molecular flexibility index (Phi) is 2.97. The minimum atomic E-state index is -1.48. The number of ether oxygens (including phenoxy) is 2. The number of nitrogens with two attached hydrogens (primary N) is 1. The van der Waals surface area contributed by atoms with E-state index in [9.17, 15) is 25.2 Å². The van der Waals surface area contributed by atoms with Crippen LogP contribution in [0.2, 0.25) is 0 Å². The van der Waals surface area contributed by atoms with Crippen molar-refractivity contribution in [2.75, 3.05) is 6.79 Å². The topological polar surface area (TPSA) is 154 Å². The van der Waals surface area contributed by atoms with Crippen LogP contribution in [-0.2, 0) is 0 Å². The van der Waals surface area contributed by atoms with Crippen molar-refractivity contribution in [2.45, 2.75) is 36.3 Å². The summed E-state index contributed by atoms with van der Waals surface area (Å²) in [6.45, 7) is -0.0858. The molecule has 0 radical (unpaired) electrons. The summed E-state index contributed by atoms with van der Waals surface area (Å²) in [7, 11) is 0. The second-order valence-electron chi connectivity index (χ2n) is 6.00. The van der Waals surface area contributed by atoms with Crippen molar-refractivity contribution in [3.8, 4) is 17.2 Å². The molecule has 3 aliphatic rings. The number of fused-ring (bicyclic) bond motifs is 4. The van der Waals surface area contributed by atoms with Crippen molar-refractivity contribution in [2.24, 2.45) is 5.73 Å². The van der Waals surface area contributed by atoms with Gasteiger partial charge < -0.3 is 41.0 Å². The van der Waals surface area contributed by atoms with Crippen LogP contribution in [-0.4, -0.2) is 63.5 Å². The Balaban J connectivity index is 1.91. The van der Waals surface area contributed by atoms with Gasteiger partial charge in [-0.05, 0) is 11.6 Å². The van der Waals surface area contributed by atoms with E-state index < -0.39 is 42.2 Å². The van der Waals surface area contributed by atoms with Crippen LogP contribution in [0.15, 0.2) is 6.07 Å². The Morgan fingerprint density at radius 1 is 1.17 bits per heavy atom. The zero-order valence-corrected chi connectivity index (χ0v) is 11.8. The zero-order chi connectivity index (χ0) is 16.5.